The molecule has 0 radical (unpaired) electrons. The monoisotopic (exact) mass is 546 g/mol. The molecule has 3 saturated heterocycles. The van der Waals surface area contributed by atoms with Crippen LogP contribution >= 0.6 is 0 Å². The van der Waals surface area contributed by atoms with Crippen molar-refractivity contribution < 1.29 is 22.7 Å². The van der Waals surface area contributed by atoms with Gasteiger partial charge in [0.1, 0.15) is 11.6 Å². The van der Waals surface area contributed by atoms with Crippen molar-refractivity contribution in [3.05, 3.63) is 35.9 Å². The molecule has 2 atom stereocenters. The predicted octanol–water partition coefficient (Wildman–Crippen LogP) is 4.63. The Labute approximate surface area is 227 Å². The minimum Gasteiger partial charge on any atom is -0.378 e. The number of piperidine rings is 1. The number of anilines is 3. The molecule has 2 aromatic rings. The highest BCUT2D eigenvalue weighted by atomic mass is 19.4. The van der Waals surface area contributed by atoms with Gasteiger partial charge in [-0.1, -0.05) is 6.07 Å². The van der Waals surface area contributed by atoms with E-state index in [9.17, 15) is 18.0 Å². The molecule has 11 heteroatoms. The quantitative estimate of drug-likeness (QED) is 0.569. The fraction of sp³-hybridized carbons (Fsp3) is 0.571. The van der Waals surface area contributed by atoms with Gasteiger partial charge in [-0.3, -0.25) is 0 Å². The number of nitrogens with zero attached hydrogens (tertiary/aromatic N) is 4. The molecule has 3 aliphatic heterocycles. The van der Waals surface area contributed by atoms with Crippen LogP contribution in [0.3, 0.4) is 0 Å². The number of alkyl halides is 3. The van der Waals surface area contributed by atoms with Crippen molar-refractivity contribution in [1.82, 2.24) is 9.88 Å². The number of aromatic nitrogens is 1. The number of ether oxygens (including phenoxy) is 1. The highest BCUT2D eigenvalue weighted by Crippen LogP contribution is 2.34. The van der Waals surface area contributed by atoms with Crippen molar-refractivity contribution in [1.29, 1.82) is 0 Å². The number of hydrogen-bond acceptors (Lipinski definition) is 6. The third-order valence-corrected chi connectivity index (χ3v) is 7.81. The number of urea groups is 1. The van der Waals surface area contributed by atoms with Gasteiger partial charge in [0.25, 0.3) is 0 Å². The normalized spacial score (nSPS) is 22.3. The summed E-state index contributed by atoms with van der Waals surface area (Å²) in [6.07, 6.45) is -2.70. The second-order valence-corrected chi connectivity index (χ2v) is 10.9. The highest BCUT2D eigenvalue weighted by Gasteiger charge is 2.36. The van der Waals surface area contributed by atoms with Gasteiger partial charge < -0.3 is 30.5 Å². The molecule has 1 aromatic heterocycles. The van der Waals surface area contributed by atoms with E-state index in [0.29, 0.717) is 31.9 Å². The van der Waals surface area contributed by atoms with Crippen molar-refractivity contribution in [2.24, 2.45) is 11.7 Å². The lowest BCUT2D eigenvalue weighted by molar-refractivity contribution is -0.143. The Kier molecular flexibility index (Phi) is 8.18. The number of likely N-dealkylation sites (tertiary alicyclic amines) is 1. The van der Waals surface area contributed by atoms with E-state index in [-0.39, 0.29) is 18.6 Å². The molecule has 0 aliphatic carbocycles. The summed E-state index contributed by atoms with van der Waals surface area (Å²) in [5, 5.41) is 2.90. The minimum absolute atomic E-state index is 0.109. The number of halogens is 3. The first-order valence-corrected chi connectivity index (χ1v) is 13.7. The Morgan fingerprint density at radius 2 is 1.79 bits per heavy atom. The second kappa shape index (κ2) is 11.6. The molecule has 4 heterocycles. The van der Waals surface area contributed by atoms with Gasteiger partial charge >= 0.3 is 12.2 Å². The van der Waals surface area contributed by atoms with Gasteiger partial charge in [0, 0.05) is 57.4 Å². The van der Waals surface area contributed by atoms with Crippen molar-refractivity contribution in [2.75, 3.05) is 67.6 Å². The maximum Gasteiger partial charge on any atom is 0.389 e. The van der Waals surface area contributed by atoms with Gasteiger partial charge in [-0.2, -0.15) is 13.2 Å². The first-order valence-electron chi connectivity index (χ1n) is 13.7. The van der Waals surface area contributed by atoms with Gasteiger partial charge in [0.15, 0.2) is 0 Å². The summed E-state index contributed by atoms with van der Waals surface area (Å²) in [7, 11) is 0. The van der Waals surface area contributed by atoms with Crippen LogP contribution in [0.2, 0.25) is 0 Å². The highest BCUT2D eigenvalue weighted by molar-refractivity contribution is 5.91. The maximum atomic E-state index is 12.9. The Morgan fingerprint density at radius 3 is 2.51 bits per heavy atom. The lowest BCUT2D eigenvalue weighted by atomic mass is 9.99. The molecule has 0 saturated carbocycles. The topological polar surface area (TPSA) is 87.0 Å². The molecule has 39 heavy (non-hydrogen) atoms. The third-order valence-electron chi connectivity index (χ3n) is 7.81. The zero-order valence-electron chi connectivity index (χ0n) is 22.3. The summed E-state index contributed by atoms with van der Waals surface area (Å²) in [5.74, 6) is 1.21. The van der Waals surface area contributed by atoms with Crippen LogP contribution in [0.15, 0.2) is 30.3 Å². The van der Waals surface area contributed by atoms with Crippen LogP contribution in [0, 0.1) is 12.8 Å². The number of benzene rings is 1. The molecule has 0 spiro atoms. The van der Waals surface area contributed by atoms with Crippen LogP contribution in [0.5, 0.6) is 0 Å². The summed E-state index contributed by atoms with van der Waals surface area (Å²) in [5.41, 5.74) is 9.87. The second-order valence-electron chi connectivity index (χ2n) is 10.9. The number of amides is 2. The van der Waals surface area contributed by atoms with Crippen LogP contribution in [0.1, 0.15) is 31.2 Å². The van der Waals surface area contributed by atoms with E-state index in [0.717, 1.165) is 67.3 Å². The zero-order valence-corrected chi connectivity index (χ0v) is 22.3. The number of carbonyl (C=O) groups excluding carboxylic acids is 1. The van der Waals surface area contributed by atoms with Crippen LogP contribution in [0.4, 0.5) is 35.3 Å². The van der Waals surface area contributed by atoms with E-state index in [1.165, 1.54) is 4.90 Å². The van der Waals surface area contributed by atoms with Gasteiger partial charge in [0.2, 0.25) is 0 Å². The van der Waals surface area contributed by atoms with Crippen LogP contribution in [0.25, 0.3) is 11.1 Å². The minimum atomic E-state index is -4.22. The summed E-state index contributed by atoms with van der Waals surface area (Å²) in [6.45, 7) is 6.91. The van der Waals surface area contributed by atoms with E-state index in [1.807, 2.05) is 25.1 Å². The number of rotatable bonds is 5. The number of aryl methyl sites for hydroxylation is 1. The molecule has 3 aliphatic rings. The number of carbonyl (C=O) groups is 1. The number of nitrogens with two attached hydrogens (primary N) is 1. The summed E-state index contributed by atoms with van der Waals surface area (Å²) >= 11 is 0. The summed E-state index contributed by atoms with van der Waals surface area (Å²) < 4.78 is 43.9. The third kappa shape index (κ3) is 6.94. The average molecular weight is 547 g/mol. The molecule has 0 unspecified atom stereocenters. The van der Waals surface area contributed by atoms with Gasteiger partial charge in [-0.25, -0.2) is 9.78 Å². The Morgan fingerprint density at radius 1 is 1.05 bits per heavy atom. The molecule has 8 nitrogen and oxygen atoms in total. The van der Waals surface area contributed by atoms with Crippen LogP contribution in [-0.4, -0.2) is 80.6 Å². The molecule has 5 rings (SSSR count). The Bertz CT molecular complexity index is 1170. The molecule has 3 N–H and O–H groups in total. The largest absolute Gasteiger partial charge is 0.389 e. The van der Waals surface area contributed by atoms with Gasteiger partial charge in [0.05, 0.1) is 13.2 Å². The average Bonchev–Trinajstić information content (AvgIpc) is 3.37. The fourth-order valence-electron chi connectivity index (χ4n) is 5.72. The predicted molar refractivity (Wildman–Crippen MR) is 146 cm³/mol. The van der Waals surface area contributed by atoms with E-state index < -0.39 is 18.5 Å². The van der Waals surface area contributed by atoms with Gasteiger partial charge in [-0.05, 0) is 73.1 Å². The number of hydrogen-bond donors (Lipinski definition) is 2. The van der Waals surface area contributed by atoms with Crippen molar-refractivity contribution in [3.8, 4) is 11.1 Å². The van der Waals surface area contributed by atoms with Crippen molar-refractivity contribution >= 4 is 23.4 Å². The van der Waals surface area contributed by atoms with Crippen LogP contribution in [-0.2, 0) is 4.74 Å². The lowest BCUT2D eigenvalue weighted by Gasteiger charge is -2.34. The first-order chi connectivity index (χ1) is 18.6. The standard InChI is InChI=1S/C28H37F3N6O2/c1-19-4-5-23(33-27(38)37-8-6-20(17-37)16-28(29,30)31)15-24(19)21-13-25(35-9-11-39-12-10-35)34-26(14-21)36-7-2-3-22(32)18-36/h4-5,13-15,20,22H,2-3,6-12,16-18,32H2,1H3,(H,33,38)/t20-,22+/m0/s1. The maximum absolute atomic E-state index is 12.9. The van der Waals surface area contributed by atoms with Crippen molar-refractivity contribution in [2.45, 2.75) is 44.8 Å². The number of pyridine rings is 1. The van der Waals surface area contributed by atoms with E-state index in [2.05, 4.69) is 27.2 Å². The van der Waals surface area contributed by atoms with E-state index in [4.69, 9.17) is 15.5 Å². The molecule has 2 amide bonds. The number of morpholine rings is 1. The molecular weight excluding hydrogens is 509 g/mol. The summed E-state index contributed by atoms with van der Waals surface area (Å²) in [4.78, 5) is 23.8. The van der Waals surface area contributed by atoms with Crippen molar-refractivity contribution in [3.63, 3.8) is 0 Å². The number of nitrogens with one attached hydrogen (secondary N) is 1. The molecule has 3 fully saturated rings. The Balaban J connectivity index is 1.39. The van der Waals surface area contributed by atoms with E-state index >= 15 is 0 Å². The zero-order chi connectivity index (χ0) is 27.6. The summed E-state index contributed by atoms with van der Waals surface area (Å²) in [6, 6.07) is 9.61. The Hall–Kier alpha value is -3.05. The molecule has 1 aromatic carbocycles. The lowest BCUT2D eigenvalue weighted by Crippen LogP contribution is -2.43. The molecule has 0 bridgehead atoms. The smallest absolute Gasteiger partial charge is 0.378 e. The van der Waals surface area contributed by atoms with E-state index in [1.54, 1.807) is 0 Å². The first kappa shape index (κ1) is 27.5. The van der Waals surface area contributed by atoms with Gasteiger partial charge in [-0.15, -0.1) is 0 Å². The fourth-order valence-corrected chi connectivity index (χ4v) is 5.72. The molecule has 212 valence electrons. The SMILES string of the molecule is Cc1ccc(NC(=O)N2CC[C@@H](CC(F)(F)F)C2)cc1-c1cc(N2CCOCC2)nc(N2CCC[C@@H](N)C2)c1. The van der Waals surface area contributed by atoms with Crippen LogP contribution < -0.4 is 20.9 Å². The molecular formula is C28H37F3N6O2.